The van der Waals surface area contributed by atoms with E-state index in [1.165, 1.54) is 0 Å². The molecule has 0 amide bonds. The molecule has 0 atom stereocenters. The van der Waals surface area contributed by atoms with Gasteiger partial charge in [-0.1, -0.05) is 6.58 Å². The Morgan fingerprint density at radius 3 is 2.91 bits per heavy atom. The predicted octanol–water partition coefficient (Wildman–Crippen LogP) is 2.17. The van der Waals surface area contributed by atoms with Crippen molar-refractivity contribution in [3.8, 4) is 0 Å². The first-order valence-electron chi connectivity index (χ1n) is 3.77. The Morgan fingerprint density at radius 2 is 2.45 bits per heavy atom. The average Bonchev–Trinajstić information content (AvgIpc) is 2.39. The van der Waals surface area contributed by atoms with Crippen molar-refractivity contribution in [2.75, 3.05) is 0 Å². The molecule has 0 N–H and O–H groups in total. The first kappa shape index (κ1) is 8.05. The molecule has 2 nitrogen and oxygen atoms in total. The Hall–Kier alpha value is -1.05. The molecule has 11 heavy (non-hydrogen) atoms. The van der Waals surface area contributed by atoms with Crippen molar-refractivity contribution in [2.45, 2.75) is 26.2 Å². The number of carbonyl (C=O) groups excluding carboxylic acids is 1. The monoisotopic (exact) mass is 152 g/mol. The molecule has 1 rings (SSSR count). The van der Waals surface area contributed by atoms with Crippen molar-refractivity contribution < 1.29 is 9.53 Å². The van der Waals surface area contributed by atoms with Gasteiger partial charge in [-0.2, -0.15) is 0 Å². The fraction of sp³-hybridized carbons (Fsp3) is 0.444. The summed E-state index contributed by atoms with van der Waals surface area (Å²) >= 11 is 0. The van der Waals surface area contributed by atoms with Gasteiger partial charge in [-0.25, -0.2) is 4.79 Å². The van der Waals surface area contributed by atoms with E-state index in [-0.39, 0.29) is 5.97 Å². The third-order valence-electron chi connectivity index (χ3n) is 1.57. The van der Waals surface area contributed by atoms with Crippen LogP contribution in [0.5, 0.6) is 0 Å². The van der Waals surface area contributed by atoms with Crippen molar-refractivity contribution in [1.82, 2.24) is 0 Å². The van der Waals surface area contributed by atoms with Crippen molar-refractivity contribution in [3.63, 3.8) is 0 Å². The highest BCUT2D eigenvalue weighted by atomic mass is 16.5. The molecule has 60 valence electrons. The molecule has 0 aromatic heterocycles. The quantitative estimate of drug-likeness (QED) is 0.447. The molecule has 1 aliphatic rings. The van der Waals surface area contributed by atoms with Gasteiger partial charge in [-0.3, -0.25) is 0 Å². The largest absolute Gasteiger partial charge is 0.428 e. The third kappa shape index (κ3) is 2.22. The van der Waals surface area contributed by atoms with Crippen LogP contribution >= 0.6 is 0 Å². The van der Waals surface area contributed by atoms with Crippen LogP contribution in [0.1, 0.15) is 26.2 Å². The SMILES string of the molecule is C=C(C)C(=O)OC1=CCCC1. The number of hydrogen-bond donors (Lipinski definition) is 0. The normalized spacial score (nSPS) is 15.9. The van der Waals surface area contributed by atoms with E-state index in [4.69, 9.17) is 4.74 Å². The fourth-order valence-electron chi connectivity index (χ4n) is 0.940. The van der Waals surface area contributed by atoms with Crippen LogP contribution in [0, 0.1) is 0 Å². The Morgan fingerprint density at radius 1 is 1.73 bits per heavy atom. The Labute approximate surface area is 66.5 Å². The van der Waals surface area contributed by atoms with Crippen LogP contribution in [-0.2, 0) is 9.53 Å². The molecule has 0 spiro atoms. The van der Waals surface area contributed by atoms with E-state index in [1.54, 1.807) is 6.92 Å². The standard InChI is InChI=1S/C9H12O2/c1-7(2)9(10)11-8-5-3-4-6-8/h5H,1,3-4,6H2,2H3. The molecule has 0 saturated carbocycles. The van der Waals surface area contributed by atoms with Crippen LogP contribution in [0.4, 0.5) is 0 Å². The zero-order chi connectivity index (χ0) is 8.27. The van der Waals surface area contributed by atoms with Crippen molar-refractivity contribution in [2.24, 2.45) is 0 Å². The number of hydrogen-bond acceptors (Lipinski definition) is 2. The molecule has 0 aromatic carbocycles. The zero-order valence-electron chi connectivity index (χ0n) is 6.72. The van der Waals surface area contributed by atoms with E-state index in [9.17, 15) is 4.79 Å². The molecule has 0 radical (unpaired) electrons. The highest BCUT2D eigenvalue weighted by Crippen LogP contribution is 2.19. The van der Waals surface area contributed by atoms with Gasteiger partial charge in [0.05, 0.1) is 0 Å². The molecular formula is C9H12O2. The van der Waals surface area contributed by atoms with E-state index in [2.05, 4.69) is 6.58 Å². The molecule has 0 fully saturated rings. The van der Waals surface area contributed by atoms with Crippen molar-refractivity contribution in [3.05, 3.63) is 24.0 Å². The topological polar surface area (TPSA) is 26.3 Å². The van der Waals surface area contributed by atoms with Crippen LogP contribution in [0.15, 0.2) is 24.0 Å². The van der Waals surface area contributed by atoms with Crippen LogP contribution in [0.25, 0.3) is 0 Å². The lowest BCUT2D eigenvalue weighted by molar-refractivity contribution is -0.135. The van der Waals surface area contributed by atoms with E-state index < -0.39 is 0 Å². The summed E-state index contributed by atoms with van der Waals surface area (Å²) in [5.41, 5.74) is 0.456. The van der Waals surface area contributed by atoms with Crippen LogP contribution in [0.3, 0.4) is 0 Å². The summed E-state index contributed by atoms with van der Waals surface area (Å²) in [6, 6.07) is 0. The van der Waals surface area contributed by atoms with Gasteiger partial charge in [-0.15, -0.1) is 0 Å². The Kier molecular flexibility index (Phi) is 2.47. The second-order valence-corrected chi connectivity index (χ2v) is 2.73. The smallest absolute Gasteiger partial charge is 0.338 e. The second kappa shape index (κ2) is 3.37. The lowest BCUT2D eigenvalue weighted by Crippen LogP contribution is -2.03. The minimum Gasteiger partial charge on any atom is -0.428 e. The van der Waals surface area contributed by atoms with Gasteiger partial charge in [-0.05, 0) is 25.8 Å². The van der Waals surface area contributed by atoms with E-state index >= 15 is 0 Å². The second-order valence-electron chi connectivity index (χ2n) is 2.73. The maximum absolute atomic E-state index is 10.9. The number of allylic oxidation sites excluding steroid dienone is 2. The highest BCUT2D eigenvalue weighted by molar-refractivity contribution is 5.87. The molecule has 1 aliphatic carbocycles. The van der Waals surface area contributed by atoms with Gasteiger partial charge in [0.1, 0.15) is 5.76 Å². The maximum Gasteiger partial charge on any atom is 0.338 e. The van der Waals surface area contributed by atoms with Gasteiger partial charge in [0.15, 0.2) is 0 Å². The summed E-state index contributed by atoms with van der Waals surface area (Å²) in [7, 11) is 0. The summed E-state index contributed by atoms with van der Waals surface area (Å²) in [4.78, 5) is 10.9. The van der Waals surface area contributed by atoms with Gasteiger partial charge < -0.3 is 4.74 Å². The van der Waals surface area contributed by atoms with Gasteiger partial charge in [0, 0.05) is 12.0 Å². The number of rotatable bonds is 2. The van der Waals surface area contributed by atoms with Gasteiger partial charge >= 0.3 is 5.97 Å². The summed E-state index contributed by atoms with van der Waals surface area (Å²) < 4.78 is 5.00. The third-order valence-corrected chi connectivity index (χ3v) is 1.57. The molecule has 0 unspecified atom stereocenters. The average molecular weight is 152 g/mol. The highest BCUT2D eigenvalue weighted by Gasteiger charge is 2.10. The van der Waals surface area contributed by atoms with E-state index in [1.807, 2.05) is 6.08 Å². The van der Waals surface area contributed by atoms with Crippen LogP contribution in [0.2, 0.25) is 0 Å². The van der Waals surface area contributed by atoms with Gasteiger partial charge in [0.2, 0.25) is 0 Å². The minimum atomic E-state index is -0.307. The number of carbonyl (C=O) groups is 1. The molecule has 2 heteroatoms. The summed E-state index contributed by atoms with van der Waals surface area (Å²) in [5.74, 6) is 0.496. The zero-order valence-corrected chi connectivity index (χ0v) is 6.72. The Balaban J connectivity index is 2.42. The molecular weight excluding hydrogens is 140 g/mol. The first-order valence-corrected chi connectivity index (χ1v) is 3.77. The van der Waals surface area contributed by atoms with Crippen LogP contribution < -0.4 is 0 Å². The van der Waals surface area contributed by atoms with E-state index in [0.717, 1.165) is 25.0 Å². The molecule has 0 heterocycles. The first-order chi connectivity index (χ1) is 5.20. The molecule has 0 saturated heterocycles. The predicted molar refractivity (Wildman–Crippen MR) is 42.8 cm³/mol. The maximum atomic E-state index is 10.9. The van der Waals surface area contributed by atoms with E-state index in [0.29, 0.717) is 5.57 Å². The Bertz CT molecular complexity index is 214. The number of esters is 1. The van der Waals surface area contributed by atoms with Gasteiger partial charge in [0.25, 0.3) is 0 Å². The fourth-order valence-corrected chi connectivity index (χ4v) is 0.940. The summed E-state index contributed by atoms with van der Waals surface area (Å²) in [5, 5.41) is 0. The number of ether oxygens (including phenoxy) is 1. The van der Waals surface area contributed by atoms with Crippen molar-refractivity contribution in [1.29, 1.82) is 0 Å². The summed E-state index contributed by atoms with van der Waals surface area (Å²) in [6.07, 6.45) is 4.97. The minimum absolute atomic E-state index is 0.307. The summed E-state index contributed by atoms with van der Waals surface area (Å²) in [6.45, 7) is 5.15. The van der Waals surface area contributed by atoms with Crippen LogP contribution in [-0.4, -0.2) is 5.97 Å². The molecule has 0 aromatic rings. The lowest BCUT2D eigenvalue weighted by Gasteiger charge is -2.02. The van der Waals surface area contributed by atoms with Crippen molar-refractivity contribution >= 4 is 5.97 Å². The molecule has 0 aliphatic heterocycles. The lowest BCUT2D eigenvalue weighted by atomic mass is 10.3. The molecule has 0 bridgehead atoms.